The van der Waals surface area contributed by atoms with Gasteiger partial charge in [0.15, 0.2) is 0 Å². The van der Waals surface area contributed by atoms with Gasteiger partial charge in [-0.25, -0.2) is 0 Å². The van der Waals surface area contributed by atoms with Gasteiger partial charge < -0.3 is 10.4 Å². The number of nitrogens with one attached hydrogen (secondary N) is 1. The third kappa shape index (κ3) is 4.05. The molecule has 1 aromatic carbocycles. The van der Waals surface area contributed by atoms with Crippen molar-refractivity contribution in [2.75, 3.05) is 13.6 Å². The average molecular weight is 276 g/mol. The van der Waals surface area contributed by atoms with E-state index < -0.39 is 0 Å². The SMILES string of the molecule is Cc1ccc(CNC(=O)CN(C)C2CCCC2O)cc1. The molecule has 0 radical (unpaired) electrons. The van der Waals surface area contributed by atoms with Crippen molar-refractivity contribution in [1.82, 2.24) is 10.2 Å². The highest BCUT2D eigenvalue weighted by atomic mass is 16.3. The first-order chi connectivity index (χ1) is 9.56. The van der Waals surface area contributed by atoms with E-state index in [1.54, 1.807) is 0 Å². The number of benzene rings is 1. The van der Waals surface area contributed by atoms with Crippen LogP contribution in [0.5, 0.6) is 0 Å². The zero-order valence-electron chi connectivity index (χ0n) is 12.3. The lowest BCUT2D eigenvalue weighted by molar-refractivity contribution is -0.122. The van der Waals surface area contributed by atoms with Gasteiger partial charge in [-0.2, -0.15) is 0 Å². The van der Waals surface area contributed by atoms with Gasteiger partial charge in [0.1, 0.15) is 0 Å². The lowest BCUT2D eigenvalue weighted by atomic mass is 10.1. The molecule has 1 aromatic rings. The minimum absolute atomic E-state index is 0.00664. The van der Waals surface area contributed by atoms with Gasteiger partial charge in [0.2, 0.25) is 5.91 Å². The summed E-state index contributed by atoms with van der Waals surface area (Å²) in [6, 6.07) is 8.27. The Morgan fingerprint density at radius 1 is 1.35 bits per heavy atom. The number of amides is 1. The van der Waals surface area contributed by atoms with Crippen molar-refractivity contribution >= 4 is 5.91 Å². The number of aryl methyl sites for hydroxylation is 1. The largest absolute Gasteiger partial charge is 0.391 e. The second kappa shape index (κ2) is 6.86. The molecule has 0 heterocycles. The Labute approximate surface area is 120 Å². The molecule has 2 rings (SSSR count). The monoisotopic (exact) mass is 276 g/mol. The van der Waals surface area contributed by atoms with Crippen molar-refractivity contribution in [3.8, 4) is 0 Å². The van der Waals surface area contributed by atoms with E-state index in [0.717, 1.165) is 24.8 Å². The summed E-state index contributed by atoms with van der Waals surface area (Å²) < 4.78 is 0. The number of carbonyl (C=O) groups is 1. The minimum atomic E-state index is -0.287. The summed E-state index contributed by atoms with van der Waals surface area (Å²) in [5.74, 6) is 0.00664. The van der Waals surface area contributed by atoms with E-state index in [-0.39, 0.29) is 18.1 Å². The first-order valence-electron chi connectivity index (χ1n) is 7.27. The molecule has 2 atom stereocenters. The number of carbonyl (C=O) groups excluding carboxylic acids is 1. The van der Waals surface area contributed by atoms with Crippen molar-refractivity contribution in [2.24, 2.45) is 0 Å². The molecule has 20 heavy (non-hydrogen) atoms. The van der Waals surface area contributed by atoms with E-state index in [2.05, 4.69) is 5.32 Å². The molecule has 2 unspecified atom stereocenters. The van der Waals surface area contributed by atoms with Crippen molar-refractivity contribution in [3.63, 3.8) is 0 Å². The molecule has 1 amide bonds. The van der Waals surface area contributed by atoms with Crippen LogP contribution in [0, 0.1) is 6.92 Å². The predicted octanol–water partition coefficient (Wildman–Crippen LogP) is 1.46. The van der Waals surface area contributed by atoms with E-state index in [9.17, 15) is 9.90 Å². The maximum absolute atomic E-state index is 11.9. The van der Waals surface area contributed by atoms with Gasteiger partial charge in [-0.3, -0.25) is 9.69 Å². The lowest BCUT2D eigenvalue weighted by Gasteiger charge is -2.26. The highest BCUT2D eigenvalue weighted by molar-refractivity contribution is 5.78. The fourth-order valence-corrected chi connectivity index (χ4v) is 2.74. The molecule has 0 aliphatic heterocycles. The fourth-order valence-electron chi connectivity index (χ4n) is 2.74. The summed E-state index contributed by atoms with van der Waals surface area (Å²) in [7, 11) is 1.91. The maximum atomic E-state index is 11.9. The molecule has 0 aromatic heterocycles. The second-order valence-corrected chi connectivity index (χ2v) is 5.74. The van der Waals surface area contributed by atoms with Crippen LogP contribution in [0.4, 0.5) is 0 Å². The number of nitrogens with zero attached hydrogens (tertiary/aromatic N) is 1. The van der Waals surface area contributed by atoms with Crippen LogP contribution in [0.25, 0.3) is 0 Å². The third-order valence-electron chi connectivity index (χ3n) is 4.01. The van der Waals surface area contributed by atoms with Gasteiger partial charge in [-0.15, -0.1) is 0 Å². The minimum Gasteiger partial charge on any atom is -0.391 e. The summed E-state index contributed by atoms with van der Waals surface area (Å²) in [6.45, 7) is 2.94. The summed E-state index contributed by atoms with van der Waals surface area (Å²) in [4.78, 5) is 13.9. The number of likely N-dealkylation sites (N-methyl/N-ethyl adjacent to an activating group) is 1. The van der Waals surface area contributed by atoms with Crippen LogP contribution in [0.2, 0.25) is 0 Å². The number of aliphatic hydroxyl groups excluding tert-OH is 1. The van der Waals surface area contributed by atoms with E-state index in [1.807, 2.05) is 43.1 Å². The van der Waals surface area contributed by atoms with Crippen LogP contribution in [0.15, 0.2) is 24.3 Å². The van der Waals surface area contributed by atoms with Crippen molar-refractivity contribution < 1.29 is 9.90 Å². The Bertz CT molecular complexity index is 444. The number of hydrogen-bond acceptors (Lipinski definition) is 3. The summed E-state index contributed by atoms with van der Waals surface area (Å²) in [5.41, 5.74) is 2.32. The Morgan fingerprint density at radius 3 is 2.65 bits per heavy atom. The van der Waals surface area contributed by atoms with Gasteiger partial charge in [-0.1, -0.05) is 29.8 Å². The van der Waals surface area contributed by atoms with Crippen LogP contribution < -0.4 is 5.32 Å². The lowest BCUT2D eigenvalue weighted by Crippen LogP contribution is -2.43. The van der Waals surface area contributed by atoms with Crippen molar-refractivity contribution in [2.45, 2.75) is 44.9 Å². The van der Waals surface area contributed by atoms with E-state index >= 15 is 0 Å². The molecule has 1 aliphatic rings. The molecule has 4 nitrogen and oxygen atoms in total. The molecule has 0 bridgehead atoms. The van der Waals surface area contributed by atoms with Crippen LogP contribution in [-0.2, 0) is 11.3 Å². The summed E-state index contributed by atoms with van der Waals surface area (Å²) in [5, 5.41) is 12.8. The molecule has 1 saturated carbocycles. The van der Waals surface area contributed by atoms with Gasteiger partial charge in [0.05, 0.1) is 12.6 Å². The van der Waals surface area contributed by atoms with Gasteiger partial charge >= 0.3 is 0 Å². The third-order valence-corrected chi connectivity index (χ3v) is 4.01. The zero-order valence-corrected chi connectivity index (χ0v) is 12.3. The Kier molecular flexibility index (Phi) is 5.15. The molecular formula is C16H24N2O2. The molecule has 2 N–H and O–H groups in total. The Morgan fingerprint density at radius 2 is 2.05 bits per heavy atom. The first-order valence-corrected chi connectivity index (χ1v) is 7.27. The van der Waals surface area contributed by atoms with Crippen LogP contribution in [-0.4, -0.2) is 41.7 Å². The van der Waals surface area contributed by atoms with Crippen LogP contribution in [0.1, 0.15) is 30.4 Å². The van der Waals surface area contributed by atoms with Crippen molar-refractivity contribution in [1.29, 1.82) is 0 Å². The maximum Gasteiger partial charge on any atom is 0.234 e. The highest BCUT2D eigenvalue weighted by Gasteiger charge is 2.29. The molecule has 110 valence electrons. The molecule has 0 spiro atoms. The smallest absolute Gasteiger partial charge is 0.234 e. The molecule has 1 aliphatic carbocycles. The standard InChI is InChI=1S/C16H24N2O2/c1-12-6-8-13(9-7-12)10-17-16(20)11-18(2)14-4-3-5-15(14)19/h6-9,14-15,19H,3-5,10-11H2,1-2H3,(H,17,20). The Hall–Kier alpha value is -1.39. The average Bonchev–Trinajstić information content (AvgIpc) is 2.84. The number of aliphatic hydroxyl groups is 1. The topological polar surface area (TPSA) is 52.6 Å². The van der Waals surface area contributed by atoms with E-state index in [1.165, 1.54) is 5.56 Å². The zero-order chi connectivity index (χ0) is 14.5. The normalized spacial score (nSPS) is 22.2. The number of rotatable bonds is 5. The quantitative estimate of drug-likeness (QED) is 0.856. The Balaban J connectivity index is 1.76. The van der Waals surface area contributed by atoms with Crippen LogP contribution in [0.3, 0.4) is 0 Å². The molecule has 4 heteroatoms. The first kappa shape index (κ1) is 15.0. The fraction of sp³-hybridized carbons (Fsp3) is 0.562. The predicted molar refractivity (Wildman–Crippen MR) is 79.3 cm³/mol. The summed E-state index contributed by atoms with van der Waals surface area (Å²) >= 11 is 0. The van der Waals surface area contributed by atoms with Gasteiger partial charge in [-0.05, 0) is 38.8 Å². The highest BCUT2D eigenvalue weighted by Crippen LogP contribution is 2.22. The molecule has 1 fully saturated rings. The van der Waals surface area contributed by atoms with Crippen molar-refractivity contribution in [3.05, 3.63) is 35.4 Å². The van der Waals surface area contributed by atoms with Gasteiger partial charge in [0, 0.05) is 12.6 Å². The molecular weight excluding hydrogens is 252 g/mol. The molecule has 0 saturated heterocycles. The van der Waals surface area contributed by atoms with Gasteiger partial charge in [0.25, 0.3) is 0 Å². The second-order valence-electron chi connectivity index (χ2n) is 5.74. The number of hydrogen-bond donors (Lipinski definition) is 2. The van der Waals surface area contributed by atoms with E-state index in [0.29, 0.717) is 13.1 Å². The van der Waals surface area contributed by atoms with Crippen LogP contribution >= 0.6 is 0 Å². The van der Waals surface area contributed by atoms with E-state index in [4.69, 9.17) is 0 Å². The summed E-state index contributed by atoms with van der Waals surface area (Å²) in [6.07, 6.45) is 2.58.